The van der Waals surface area contributed by atoms with Gasteiger partial charge < -0.3 is 24.8 Å². The van der Waals surface area contributed by atoms with Crippen molar-refractivity contribution in [3.8, 4) is 0 Å². The van der Waals surface area contributed by atoms with Gasteiger partial charge in [0.1, 0.15) is 6.04 Å². The van der Waals surface area contributed by atoms with Gasteiger partial charge in [0.25, 0.3) is 5.91 Å². The van der Waals surface area contributed by atoms with E-state index in [0.29, 0.717) is 75.4 Å². The average molecular weight is 521 g/mol. The van der Waals surface area contributed by atoms with Crippen LogP contribution >= 0.6 is 15.9 Å². The van der Waals surface area contributed by atoms with E-state index in [2.05, 4.69) is 35.1 Å². The summed E-state index contributed by atoms with van der Waals surface area (Å²) in [5, 5.41) is 2.93. The van der Waals surface area contributed by atoms with Gasteiger partial charge in [0.15, 0.2) is 0 Å². The smallest absolute Gasteiger partial charge is 0.322 e. The van der Waals surface area contributed by atoms with E-state index in [9.17, 15) is 14.4 Å². The molecule has 0 spiro atoms. The van der Waals surface area contributed by atoms with Crippen molar-refractivity contribution in [1.29, 1.82) is 0 Å². The van der Waals surface area contributed by atoms with Crippen molar-refractivity contribution >= 4 is 39.5 Å². The van der Waals surface area contributed by atoms with Crippen LogP contribution in [0, 0.1) is 11.8 Å². The van der Waals surface area contributed by atoms with Crippen molar-refractivity contribution in [1.82, 2.24) is 14.7 Å². The number of carbonyl (C=O) groups is 3. The van der Waals surface area contributed by atoms with E-state index in [1.807, 2.05) is 11.0 Å². The van der Waals surface area contributed by atoms with Gasteiger partial charge in [-0.05, 0) is 49.3 Å². The van der Waals surface area contributed by atoms with Crippen molar-refractivity contribution < 1.29 is 19.1 Å². The molecule has 3 aliphatic heterocycles. The Balaban J connectivity index is 1.49. The fraction of sp³-hybridized carbons (Fsp3) is 0.625. The normalized spacial score (nSPS) is 25.8. The number of morpholine rings is 1. The highest BCUT2D eigenvalue weighted by molar-refractivity contribution is 9.10. The molecule has 0 aromatic heterocycles. The lowest BCUT2D eigenvalue weighted by atomic mass is 9.91. The lowest BCUT2D eigenvalue weighted by molar-refractivity contribution is -0.139. The number of nitrogens with zero attached hydrogens (tertiary/aromatic N) is 3. The maximum atomic E-state index is 13.4. The van der Waals surface area contributed by atoms with Crippen molar-refractivity contribution in [3.05, 3.63) is 28.2 Å². The van der Waals surface area contributed by atoms with Gasteiger partial charge >= 0.3 is 6.03 Å². The number of carbonyl (C=O) groups excluding carboxylic acids is 3. The first-order valence-corrected chi connectivity index (χ1v) is 12.7. The monoisotopic (exact) mass is 520 g/mol. The summed E-state index contributed by atoms with van der Waals surface area (Å²) < 4.78 is 6.13. The van der Waals surface area contributed by atoms with Crippen LogP contribution in [0.15, 0.2) is 22.7 Å². The molecular weight excluding hydrogens is 488 g/mol. The first-order chi connectivity index (χ1) is 15.8. The van der Waals surface area contributed by atoms with Crippen LogP contribution in [0.25, 0.3) is 0 Å². The predicted octanol–water partition coefficient (Wildman–Crippen LogP) is 3.42. The molecule has 3 atom stereocenters. The lowest BCUT2D eigenvalue weighted by Crippen LogP contribution is -2.51. The summed E-state index contributed by atoms with van der Waals surface area (Å²) in [6.07, 6.45) is 2.54. The predicted molar refractivity (Wildman–Crippen MR) is 129 cm³/mol. The summed E-state index contributed by atoms with van der Waals surface area (Å²) in [4.78, 5) is 45.0. The maximum absolute atomic E-state index is 13.4. The summed E-state index contributed by atoms with van der Waals surface area (Å²) >= 11 is 3.46. The van der Waals surface area contributed by atoms with Gasteiger partial charge in [-0.15, -0.1) is 0 Å². The Morgan fingerprint density at radius 3 is 2.42 bits per heavy atom. The summed E-state index contributed by atoms with van der Waals surface area (Å²) in [5.41, 5.74) is 0.942. The zero-order valence-corrected chi connectivity index (χ0v) is 21.0. The van der Waals surface area contributed by atoms with Crippen molar-refractivity contribution in [2.75, 3.05) is 51.3 Å². The number of urea groups is 1. The molecule has 3 saturated heterocycles. The Bertz CT molecular complexity index is 894. The van der Waals surface area contributed by atoms with Crippen LogP contribution < -0.4 is 5.32 Å². The fourth-order valence-electron chi connectivity index (χ4n) is 5.25. The van der Waals surface area contributed by atoms with Crippen molar-refractivity contribution in [3.63, 3.8) is 0 Å². The molecule has 1 aromatic rings. The zero-order valence-electron chi connectivity index (χ0n) is 19.4. The molecule has 4 rings (SSSR count). The molecule has 0 aliphatic carbocycles. The number of hydrogen-bond donors (Lipinski definition) is 1. The molecule has 4 amide bonds. The number of nitrogens with one attached hydrogen (secondary N) is 1. The number of benzene rings is 1. The second-order valence-electron chi connectivity index (χ2n) is 9.57. The Morgan fingerprint density at radius 1 is 1.03 bits per heavy atom. The Kier molecular flexibility index (Phi) is 7.58. The first-order valence-electron chi connectivity index (χ1n) is 11.9. The highest BCUT2D eigenvalue weighted by atomic mass is 79.9. The molecule has 180 valence electrons. The number of ether oxygens (including phenoxy) is 1. The van der Waals surface area contributed by atoms with E-state index in [1.165, 1.54) is 0 Å². The number of hydrogen-bond acceptors (Lipinski definition) is 4. The maximum Gasteiger partial charge on any atom is 0.322 e. The van der Waals surface area contributed by atoms with Gasteiger partial charge in [-0.1, -0.05) is 29.8 Å². The van der Waals surface area contributed by atoms with Gasteiger partial charge in [-0.25, -0.2) is 4.79 Å². The lowest BCUT2D eigenvalue weighted by Gasteiger charge is -2.35. The second kappa shape index (κ2) is 10.4. The number of likely N-dealkylation sites (tertiary alicyclic amines) is 2. The van der Waals surface area contributed by atoms with Crippen LogP contribution in [0.5, 0.6) is 0 Å². The third-order valence-electron chi connectivity index (χ3n) is 6.73. The van der Waals surface area contributed by atoms with Crippen LogP contribution in [0.4, 0.5) is 10.5 Å². The second-order valence-corrected chi connectivity index (χ2v) is 10.5. The molecule has 0 saturated carbocycles. The fourth-order valence-corrected chi connectivity index (χ4v) is 5.61. The minimum atomic E-state index is -0.471. The number of piperidine rings is 1. The van der Waals surface area contributed by atoms with E-state index in [4.69, 9.17) is 4.74 Å². The Morgan fingerprint density at radius 2 is 1.73 bits per heavy atom. The molecule has 3 aliphatic rings. The van der Waals surface area contributed by atoms with Crippen LogP contribution in [-0.2, 0) is 9.53 Å². The summed E-state index contributed by atoms with van der Waals surface area (Å²) in [6, 6.07) is 4.52. The highest BCUT2D eigenvalue weighted by Crippen LogP contribution is 2.28. The van der Waals surface area contributed by atoms with Crippen LogP contribution in [0.2, 0.25) is 0 Å². The summed E-state index contributed by atoms with van der Waals surface area (Å²) in [6.45, 7) is 8.46. The van der Waals surface area contributed by atoms with Crippen LogP contribution in [0.3, 0.4) is 0 Å². The van der Waals surface area contributed by atoms with E-state index in [1.54, 1.807) is 21.9 Å². The SMILES string of the molecule is C[C@@H]1C[C@H](C)CN(C(=O)c2cc(Br)ccc2NC(=O)N2CCC[C@H]2C(=O)N2CCOCC2)C1. The summed E-state index contributed by atoms with van der Waals surface area (Å²) in [5.74, 6) is 0.792. The quantitative estimate of drug-likeness (QED) is 0.661. The van der Waals surface area contributed by atoms with E-state index >= 15 is 0 Å². The van der Waals surface area contributed by atoms with Gasteiger partial charge in [-0.3, -0.25) is 9.59 Å². The van der Waals surface area contributed by atoms with Gasteiger partial charge in [0, 0.05) is 37.2 Å². The van der Waals surface area contributed by atoms with E-state index in [-0.39, 0.29) is 17.8 Å². The molecular formula is C24H33BrN4O4. The highest BCUT2D eigenvalue weighted by Gasteiger charge is 2.37. The zero-order chi connectivity index (χ0) is 23.5. The standard InChI is InChI=1S/C24H33BrN4O4/c1-16-12-17(2)15-28(14-16)22(30)19-13-18(25)5-6-20(19)26-24(32)29-7-3-4-21(29)23(31)27-8-10-33-11-9-27/h5-6,13,16-17,21H,3-4,7-12,14-15H2,1-2H3,(H,26,32)/t16-,17+,21-/m0/s1. The molecule has 3 fully saturated rings. The molecule has 8 nitrogen and oxygen atoms in total. The topological polar surface area (TPSA) is 82.2 Å². The Labute approximate surface area is 203 Å². The van der Waals surface area contributed by atoms with Crippen molar-refractivity contribution in [2.24, 2.45) is 11.8 Å². The minimum absolute atomic E-state index is 0.0191. The number of amides is 4. The van der Waals surface area contributed by atoms with Crippen LogP contribution in [-0.4, -0.2) is 84.5 Å². The number of rotatable bonds is 3. The first kappa shape index (κ1) is 24.0. The van der Waals surface area contributed by atoms with Crippen molar-refractivity contribution in [2.45, 2.75) is 39.2 Å². The molecule has 0 radical (unpaired) electrons. The minimum Gasteiger partial charge on any atom is -0.378 e. The number of halogens is 1. The molecule has 9 heteroatoms. The van der Waals surface area contributed by atoms with Crippen LogP contribution in [0.1, 0.15) is 43.5 Å². The average Bonchev–Trinajstić information content (AvgIpc) is 3.29. The number of anilines is 1. The van der Waals surface area contributed by atoms with Gasteiger partial charge in [-0.2, -0.15) is 0 Å². The molecule has 3 heterocycles. The molecule has 1 N–H and O–H groups in total. The van der Waals surface area contributed by atoms with E-state index < -0.39 is 6.04 Å². The molecule has 33 heavy (non-hydrogen) atoms. The van der Waals surface area contributed by atoms with E-state index in [0.717, 1.165) is 17.3 Å². The largest absolute Gasteiger partial charge is 0.378 e. The summed E-state index contributed by atoms with van der Waals surface area (Å²) in [7, 11) is 0. The molecule has 0 bridgehead atoms. The Hall–Kier alpha value is -2.13. The third kappa shape index (κ3) is 5.51. The molecule has 1 aromatic carbocycles. The molecule has 0 unspecified atom stereocenters. The van der Waals surface area contributed by atoms with Gasteiger partial charge in [0.2, 0.25) is 5.91 Å². The van der Waals surface area contributed by atoms with Gasteiger partial charge in [0.05, 0.1) is 24.5 Å². The third-order valence-corrected chi connectivity index (χ3v) is 7.22.